The van der Waals surface area contributed by atoms with Crippen LogP contribution in [0.3, 0.4) is 0 Å². The molecule has 0 amide bonds. The van der Waals surface area contributed by atoms with E-state index in [1.165, 1.54) is 0 Å². The van der Waals surface area contributed by atoms with Gasteiger partial charge in [0.15, 0.2) is 5.96 Å². The van der Waals surface area contributed by atoms with Gasteiger partial charge in [-0.2, -0.15) is 0 Å². The minimum absolute atomic E-state index is 0.0457. The van der Waals surface area contributed by atoms with Crippen molar-refractivity contribution in [3.8, 4) is 0 Å². The van der Waals surface area contributed by atoms with E-state index in [-0.39, 0.29) is 12.1 Å². The molecule has 134 valence electrons. The standard InChI is InChI=1S/C18H23F2N5/c1-4-21-18(22-11-13-10-14(19)8-9-16(13)20)23-12-15-6-5-7-17(24-15)25(2)3/h5-10H,4,11-12H2,1-3H3,(H2,21,22,23). The maximum Gasteiger partial charge on any atom is 0.191 e. The van der Waals surface area contributed by atoms with Gasteiger partial charge in [-0.3, -0.25) is 0 Å². The van der Waals surface area contributed by atoms with Crippen molar-refractivity contribution < 1.29 is 8.78 Å². The molecular formula is C18H23F2N5. The number of hydrogen-bond donors (Lipinski definition) is 2. The average Bonchev–Trinajstić information content (AvgIpc) is 2.60. The lowest BCUT2D eigenvalue weighted by molar-refractivity contribution is 0.585. The zero-order chi connectivity index (χ0) is 18.2. The second-order valence-corrected chi connectivity index (χ2v) is 5.67. The highest BCUT2D eigenvalue weighted by atomic mass is 19.1. The molecule has 0 unspecified atom stereocenters. The summed E-state index contributed by atoms with van der Waals surface area (Å²) in [7, 11) is 3.86. The van der Waals surface area contributed by atoms with Gasteiger partial charge in [0.25, 0.3) is 0 Å². The van der Waals surface area contributed by atoms with Crippen LogP contribution in [0.2, 0.25) is 0 Å². The summed E-state index contributed by atoms with van der Waals surface area (Å²) in [6.07, 6.45) is 0. The van der Waals surface area contributed by atoms with E-state index >= 15 is 0 Å². The molecular weight excluding hydrogens is 324 g/mol. The molecule has 0 spiro atoms. The Kier molecular flexibility index (Phi) is 6.68. The molecule has 2 aromatic rings. The van der Waals surface area contributed by atoms with Crippen LogP contribution in [0.4, 0.5) is 14.6 Å². The van der Waals surface area contributed by atoms with Crippen molar-refractivity contribution in [3.63, 3.8) is 0 Å². The Morgan fingerprint density at radius 1 is 1.16 bits per heavy atom. The fraction of sp³-hybridized carbons (Fsp3) is 0.333. The van der Waals surface area contributed by atoms with Crippen LogP contribution < -0.4 is 15.5 Å². The number of aromatic nitrogens is 1. The summed E-state index contributed by atoms with van der Waals surface area (Å²) < 4.78 is 26.9. The third-order valence-electron chi connectivity index (χ3n) is 3.45. The molecule has 0 saturated heterocycles. The van der Waals surface area contributed by atoms with Crippen molar-refractivity contribution in [1.29, 1.82) is 0 Å². The normalized spacial score (nSPS) is 11.3. The molecule has 1 aromatic carbocycles. The molecule has 1 aromatic heterocycles. The first-order valence-electron chi connectivity index (χ1n) is 8.09. The summed E-state index contributed by atoms with van der Waals surface area (Å²) in [6.45, 7) is 3.11. The van der Waals surface area contributed by atoms with Gasteiger partial charge in [-0.25, -0.2) is 18.8 Å². The first-order valence-corrected chi connectivity index (χ1v) is 8.09. The van der Waals surface area contributed by atoms with E-state index in [4.69, 9.17) is 0 Å². The highest BCUT2D eigenvalue weighted by Crippen LogP contribution is 2.11. The Hall–Kier alpha value is -2.70. The summed E-state index contributed by atoms with van der Waals surface area (Å²) in [6, 6.07) is 9.13. The van der Waals surface area contributed by atoms with Crippen LogP contribution in [-0.4, -0.2) is 31.6 Å². The maximum absolute atomic E-state index is 13.7. The summed E-state index contributed by atoms with van der Waals surface area (Å²) in [5.41, 5.74) is 1.07. The SMILES string of the molecule is CCNC(=NCc1cc(F)ccc1F)NCc1cccc(N(C)C)n1. The summed E-state index contributed by atoms with van der Waals surface area (Å²) in [5, 5.41) is 6.23. The molecule has 2 rings (SSSR count). The highest BCUT2D eigenvalue weighted by molar-refractivity contribution is 5.79. The molecule has 0 bridgehead atoms. The van der Waals surface area contributed by atoms with Gasteiger partial charge in [0, 0.05) is 26.2 Å². The Labute approximate surface area is 146 Å². The number of aliphatic imine (C=N–C) groups is 1. The van der Waals surface area contributed by atoms with E-state index < -0.39 is 11.6 Å². The minimum Gasteiger partial charge on any atom is -0.363 e. The monoisotopic (exact) mass is 347 g/mol. The molecule has 7 heteroatoms. The Balaban J connectivity index is 2.05. The fourth-order valence-corrected chi connectivity index (χ4v) is 2.16. The van der Waals surface area contributed by atoms with Crippen molar-refractivity contribution in [2.45, 2.75) is 20.0 Å². The predicted octanol–water partition coefficient (Wildman–Crippen LogP) is 2.68. The van der Waals surface area contributed by atoms with Crippen LogP contribution in [0.5, 0.6) is 0 Å². The number of anilines is 1. The van der Waals surface area contributed by atoms with Gasteiger partial charge in [-0.05, 0) is 37.3 Å². The third-order valence-corrected chi connectivity index (χ3v) is 3.45. The van der Waals surface area contributed by atoms with Crippen LogP contribution in [0.15, 0.2) is 41.4 Å². The second kappa shape index (κ2) is 8.96. The lowest BCUT2D eigenvalue weighted by Crippen LogP contribution is -2.37. The zero-order valence-corrected chi connectivity index (χ0v) is 14.7. The van der Waals surface area contributed by atoms with Crippen LogP contribution >= 0.6 is 0 Å². The van der Waals surface area contributed by atoms with Crippen LogP contribution in [0, 0.1) is 11.6 Å². The summed E-state index contributed by atoms with van der Waals surface area (Å²) >= 11 is 0. The summed E-state index contributed by atoms with van der Waals surface area (Å²) in [5.74, 6) is 0.432. The predicted molar refractivity (Wildman–Crippen MR) is 96.6 cm³/mol. The molecule has 0 aliphatic carbocycles. The Morgan fingerprint density at radius 2 is 1.96 bits per heavy atom. The van der Waals surface area contributed by atoms with E-state index in [9.17, 15) is 8.78 Å². The van der Waals surface area contributed by atoms with Crippen molar-refractivity contribution in [2.75, 3.05) is 25.5 Å². The van der Waals surface area contributed by atoms with E-state index in [1.807, 2.05) is 44.1 Å². The van der Waals surface area contributed by atoms with Crippen molar-refractivity contribution >= 4 is 11.8 Å². The molecule has 0 saturated carbocycles. The van der Waals surface area contributed by atoms with Gasteiger partial charge in [-0.1, -0.05) is 6.07 Å². The van der Waals surface area contributed by atoms with E-state index in [1.54, 1.807) is 0 Å². The lowest BCUT2D eigenvalue weighted by atomic mass is 10.2. The first-order chi connectivity index (χ1) is 12.0. The molecule has 5 nitrogen and oxygen atoms in total. The van der Waals surface area contributed by atoms with E-state index in [0.717, 1.165) is 29.7 Å². The largest absolute Gasteiger partial charge is 0.363 e. The smallest absolute Gasteiger partial charge is 0.191 e. The van der Waals surface area contributed by atoms with E-state index in [0.29, 0.717) is 19.0 Å². The van der Waals surface area contributed by atoms with Gasteiger partial charge < -0.3 is 15.5 Å². The van der Waals surface area contributed by atoms with Crippen LogP contribution in [0.25, 0.3) is 0 Å². The van der Waals surface area contributed by atoms with Gasteiger partial charge in [0.2, 0.25) is 0 Å². The first kappa shape index (κ1) is 18.6. The van der Waals surface area contributed by atoms with Crippen molar-refractivity contribution in [2.24, 2.45) is 4.99 Å². The number of hydrogen-bond acceptors (Lipinski definition) is 3. The van der Waals surface area contributed by atoms with Crippen LogP contribution in [0.1, 0.15) is 18.2 Å². The highest BCUT2D eigenvalue weighted by Gasteiger charge is 2.05. The molecule has 0 atom stereocenters. The zero-order valence-electron chi connectivity index (χ0n) is 14.7. The molecule has 0 radical (unpaired) electrons. The fourth-order valence-electron chi connectivity index (χ4n) is 2.16. The Morgan fingerprint density at radius 3 is 2.68 bits per heavy atom. The molecule has 0 fully saturated rings. The average molecular weight is 347 g/mol. The van der Waals surface area contributed by atoms with Gasteiger partial charge in [0.1, 0.15) is 17.5 Å². The number of benzene rings is 1. The van der Waals surface area contributed by atoms with Gasteiger partial charge >= 0.3 is 0 Å². The molecule has 0 aliphatic rings. The third kappa shape index (κ3) is 5.70. The number of guanidine groups is 1. The van der Waals surface area contributed by atoms with E-state index in [2.05, 4.69) is 20.6 Å². The number of rotatable bonds is 6. The van der Waals surface area contributed by atoms with Gasteiger partial charge in [-0.15, -0.1) is 0 Å². The van der Waals surface area contributed by atoms with Gasteiger partial charge in [0.05, 0.1) is 18.8 Å². The number of halogens is 2. The number of nitrogens with one attached hydrogen (secondary N) is 2. The van der Waals surface area contributed by atoms with Crippen molar-refractivity contribution in [1.82, 2.24) is 15.6 Å². The number of pyridine rings is 1. The van der Waals surface area contributed by atoms with Crippen LogP contribution in [-0.2, 0) is 13.1 Å². The maximum atomic E-state index is 13.7. The molecule has 0 aliphatic heterocycles. The molecule has 1 heterocycles. The van der Waals surface area contributed by atoms with Crippen molar-refractivity contribution in [3.05, 3.63) is 59.3 Å². The molecule has 2 N–H and O–H groups in total. The number of nitrogens with zero attached hydrogens (tertiary/aromatic N) is 3. The topological polar surface area (TPSA) is 52.6 Å². The quantitative estimate of drug-likeness (QED) is 0.623. The second-order valence-electron chi connectivity index (χ2n) is 5.67. The summed E-state index contributed by atoms with van der Waals surface area (Å²) in [4.78, 5) is 10.8. The lowest BCUT2D eigenvalue weighted by Gasteiger charge is -2.14. The molecule has 25 heavy (non-hydrogen) atoms. The minimum atomic E-state index is -0.478. The Bertz CT molecular complexity index is 731.